The number of rotatable bonds is 4. The van der Waals surface area contributed by atoms with Gasteiger partial charge in [0.15, 0.2) is 0 Å². The highest BCUT2D eigenvalue weighted by Gasteiger charge is 2.16. The minimum absolute atomic E-state index is 0.207. The lowest BCUT2D eigenvalue weighted by Gasteiger charge is -2.29. The maximum atomic E-state index is 12.0. The van der Waals surface area contributed by atoms with E-state index in [4.69, 9.17) is 0 Å². The summed E-state index contributed by atoms with van der Waals surface area (Å²) >= 11 is 0. The van der Waals surface area contributed by atoms with Gasteiger partial charge in [-0.15, -0.1) is 0 Å². The Hall–Kier alpha value is -1.40. The molecule has 1 aromatic rings. The third-order valence-electron chi connectivity index (χ3n) is 3.99. The molecule has 112 valence electrons. The van der Waals surface area contributed by atoms with Crippen LogP contribution in [0.5, 0.6) is 0 Å². The number of hydrogen-bond donors (Lipinski definition) is 1. The number of nitrogens with one attached hydrogen (secondary N) is 1. The second-order valence-electron chi connectivity index (χ2n) is 5.81. The van der Waals surface area contributed by atoms with Crippen molar-refractivity contribution in [3.63, 3.8) is 0 Å². The van der Waals surface area contributed by atoms with Crippen molar-refractivity contribution in [3.05, 3.63) is 32.6 Å². The molecule has 0 amide bonds. The zero-order valence-corrected chi connectivity index (χ0v) is 12.6. The molecule has 0 radical (unpaired) electrons. The molecule has 0 bridgehead atoms. The summed E-state index contributed by atoms with van der Waals surface area (Å²) in [6.45, 7) is 3.72. The van der Waals surface area contributed by atoms with Crippen LogP contribution in [0.2, 0.25) is 0 Å². The molecule has 0 aliphatic carbocycles. The second kappa shape index (κ2) is 6.37. The van der Waals surface area contributed by atoms with Crippen LogP contribution in [-0.2, 0) is 20.6 Å². The molecule has 1 N–H and O–H groups in total. The minimum atomic E-state index is -0.285. The Kier molecular flexibility index (Phi) is 4.77. The monoisotopic (exact) mass is 280 g/mol. The average molecular weight is 280 g/mol. The Bertz CT molecular complexity index is 576. The van der Waals surface area contributed by atoms with Gasteiger partial charge in [-0.1, -0.05) is 0 Å². The Labute approximate surface area is 119 Å². The molecule has 1 atom stereocenters. The van der Waals surface area contributed by atoms with Crippen LogP contribution in [0.15, 0.2) is 15.8 Å². The standard InChI is InChI=1S/C14H24N4O2/c1-16-6-4-5-11(9-16)7-15-8-12-10-17(2)14(20)18(3)13(12)19/h10-11,15H,4-9H2,1-3H3. The third-order valence-corrected chi connectivity index (χ3v) is 3.99. The molecule has 6 heteroatoms. The highest BCUT2D eigenvalue weighted by atomic mass is 16.2. The molecule has 0 saturated carbocycles. The van der Waals surface area contributed by atoms with E-state index in [1.54, 1.807) is 13.2 Å². The molecular weight excluding hydrogens is 256 g/mol. The third kappa shape index (κ3) is 3.37. The SMILES string of the molecule is CN1CCCC(CNCc2cn(C)c(=O)n(C)c2=O)C1. The van der Waals surface area contributed by atoms with Crippen molar-refractivity contribution in [2.75, 3.05) is 26.7 Å². The van der Waals surface area contributed by atoms with Gasteiger partial charge in [-0.3, -0.25) is 9.36 Å². The van der Waals surface area contributed by atoms with Crippen molar-refractivity contribution < 1.29 is 0 Å². The van der Waals surface area contributed by atoms with Gasteiger partial charge in [0.2, 0.25) is 0 Å². The summed E-state index contributed by atoms with van der Waals surface area (Å²) in [5.74, 6) is 0.644. The van der Waals surface area contributed by atoms with Gasteiger partial charge in [-0.05, 0) is 38.9 Å². The highest BCUT2D eigenvalue weighted by Crippen LogP contribution is 2.13. The lowest BCUT2D eigenvalue weighted by atomic mass is 9.98. The molecule has 0 spiro atoms. The lowest BCUT2D eigenvalue weighted by Crippen LogP contribution is -2.41. The maximum absolute atomic E-state index is 12.0. The van der Waals surface area contributed by atoms with Gasteiger partial charge in [-0.2, -0.15) is 0 Å². The van der Waals surface area contributed by atoms with E-state index in [1.807, 2.05) is 0 Å². The molecule has 1 aliphatic rings. The topological polar surface area (TPSA) is 59.3 Å². The van der Waals surface area contributed by atoms with Crippen LogP contribution in [0.1, 0.15) is 18.4 Å². The summed E-state index contributed by atoms with van der Waals surface area (Å²) in [5.41, 5.74) is 0.146. The molecule has 1 saturated heterocycles. The van der Waals surface area contributed by atoms with Gasteiger partial charge in [0.05, 0.1) is 0 Å². The van der Waals surface area contributed by atoms with Gasteiger partial charge in [-0.25, -0.2) is 4.79 Å². The number of hydrogen-bond acceptors (Lipinski definition) is 4. The van der Waals surface area contributed by atoms with Gasteiger partial charge in [0.25, 0.3) is 5.56 Å². The fourth-order valence-corrected chi connectivity index (χ4v) is 2.86. The number of aryl methyl sites for hydroxylation is 1. The van der Waals surface area contributed by atoms with E-state index in [2.05, 4.69) is 17.3 Å². The predicted octanol–water partition coefficient (Wildman–Crippen LogP) is -0.485. The van der Waals surface area contributed by atoms with Gasteiger partial charge in [0.1, 0.15) is 0 Å². The Morgan fingerprint density at radius 3 is 2.75 bits per heavy atom. The number of likely N-dealkylation sites (tertiary alicyclic amines) is 1. The van der Waals surface area contributed by atoms with E-state index < -0.39 is 0 Å². The molecule has 1 aromatic heterocycles. The molecule has 0 aromatic carbocycles. The summed E-state index contributed by atoms with van der Waals surface area (Å²) < 4.78 is 2.61. The first-order valence-electron chi connectivity index (χ1n) is 7.14. The van der Waals surface area contributed by atoms with Gasteiger partial charge < -0.3 is 14.8 Å². The van der Waals surface area contributed by atoms with Crippen molar-refractivity contribution in [2.24, 2.45) is 20.0 Å². The largest absolute Gasteiger partial charge is 0.330 e. The minimum Gasteiger partial charge on any atom is -0.312 e. The summed E-state index contributed by atoms with van der Waals surface area (Å²) in [4.78, 5) is 25.9. The number of piperidine rings is 1. The lowest BCUT2D eigenvalue weighted by molar-refractivity contribution is 0.206. The Morgan fingerprint density at radius 1 is 1.30 bits per heavy atom. The summed E-state index contributed by atoms with van der Waals surface area (Å²) in [5, 5.41) is 3.35. The van der Waals surface area contributed by atoms with E-state index in [-0.39, 0.29) is 11.2 Å². The molecular formula is C14H24N4O2. The van der Waals surface area contributed by atoms with Crippen LogP contribution in [0.25, 0.3) is 0 Å². The summed E-state index contributed by atoms with van der Waals surface area (Å²) in [7, 11) is 5.33. The summed E-state index contributed by atoms with van der Waals surface area (Å²) in [6, 6.07) is 0. The van der Waals surface area contributed by atoms with Gasteiger partial charge in [0, 0.05) is 38.9 Å². The smallest absolute Gasteiger partial charge is 0.312 e. The summed E-state index contributed by atoms with van der Waals surface area (Å²) in [6.07, 6.45) is 4.11. The van der Waals surface area contributed by atoms with E-state index in [0.29, 0.717) is 18.0 Å². The van der Waals surface area contributed by atoms with Crippen LogP contribution >= 0.6 is 0 Å². The quantitative estimate of drug-likeness (QED) is 0.809. The number of nitrogens with zero attached hydrogens (tertiary/aromatic N) is 3. The van der Waals surface area contributed by atoms with Crippen LogP contribution in [-0.4, -0.2) is 40.7 Å². The van der Waals surface area contributed by atoms with Crippen LogP contribution in [0.4, 0.5) is 0 Å². The predicted molar refractivity (Wildman–Crippen MR) is 78.9 cm³/mol. The van der Waals surface area contributed by atoms with Crippen molar-refractivity contribution in [3.8, 4) is 0 Å². The van der Waals surface area contributed by atoms with Gasteiger partial charge >= 0.3 is 5.69 Å². The molecule has 2 rings (SSSR count). The number of aromatic nitrogens is 2. The first-order valence-corrected chi connectivity index (χ1v) is 7.14. The average Bonchev–Trinajstić information content (AvgIpc) is 2.42. The first-order chi connectivity index (χ1) is 9.49. The fraction of sp³-hybridized carbons (Fsp3) is 0.714. The van der Waals surface area contributed by atoms with Crippen molar-refractivity contribution in [1.82, 2.24) is 19.4 Å². The zero-order valence-electron chi connectivity index (χ0n) is 12.6. The fourth-order valence-electron chi connectivity index (χ4n) is 2.86. The maximum Gasteiger partial charge on any atom is 0.330 e. The van der Waals surface area contributed by atoms with E-state index in [1.165, 1.54) is 31.0 Å². The van der Waals surface area contributed by atoms with E-state index in [9.17, 15) is 9.59 Å². The van der Waals surface area contributed by atoms with Crippen LogP contribution in [0, 0.1) is 5.92 Å². The van der Waals surface area contributed by atoms with Crippen LogP contribution < -0.4 is 16.6 Å². The van der Waals surface area contributed by atoms with E-state index >= 15 is 0 Å². The molecule has 1 fully saturated rings. The van der Waals surface area contributed by atoms with E-state index in [0.717, 1.165) is 17.7 Å². The van der Waals surface area contributed by atoms with Crippen LogP contribution in [0.3, 0.4) is 0 Å². The first kappa shape index (κ1) is 15.0. The van der Waals surface area contributed by atoms with Crippen molar-refractivity contribution >= 4 is 0 Å². The Balaban J connectivity index is 1.95. The normalized spacial score (nSPS) is 20.2. The van der Waals surface area contributed by atoms with Crippen molar-refractivity contribution in [2.45, 2.75) is 19.4 Å². The zero-order chi connectivity index (χ0) is 14.7. The molecule has 1 unspecified atom stereocenters. The molecule has 20 heavy (non-hydrogen) atoms. The van der Waals surface area contributed by atoms with Crippen molar-refractivity contribution in [1.29, 1.82) is 0 Å². The molecule has 6 nitrogen and oxygen atoms in total. The molecule has 1 aliphatic heterocycles. The highest BCUT2D eigenvalue weighted by molar-refractivity contribution is 5.05. The molecule has 2 heterocycles. The Morgan fingerprint density at radius 2 is 2.05 bits per heavy atom. The second-order valence-corrected chi connectivity index (χ2v) is 5.81.